The second kappa shape index (κ2) is 7.55. The monoisotopic (exact) mass is 476 g/mol. The lowest BCUT2D eigenvalue weighted by Gasteiger charge is -2.17. The van der Waals surface area contributed by atoms with Crippen LogP contribution in [0.1, 0.15) is 0 Å². The van der Waals surface area contributed by atoms with Gasteiger partial charge in [0.15, 0.2) is 5.58 Å². The Hall–Kier alpha value is -4.40. The van der Waals surface area contributed by atoms with Gasteiger partial charge in [0, 0.05) is 15.5 Å². The van der Waals surface area contributed by atoms with Gasteiger partial charge in [-0.05, 0) is 68.1 Å². The first-order valence-electron chi connectivity index (χ1n) is 12.2. The van der Waals surface area contributed by atoms with Crippen molar-refractivity contribution in [2.75, 3.05) is 0 Å². The van der Waals surface area contributed by atoms with Crippen LogP contribution in [0.2, 0.25) is 0 Å². The molecule has 0 amide bonds. The maximum atomic E-state index is 6.36. The molecule has 168 valence electrons. The molecular formula is C34H20OS. The van der Waals surface area contributed by atoms with Crippen molar-refractivity contribution in [2.45, 2.75) is 0 Å². The van der Waals surface area contributed by atoms with Gasteiger partial charge in [0.2, 0.25) is 0 Å². The van der Waals surface area contributed by atoms with Gasteiger partial charge in [-0.2, -0.15) is 0 Å². The molecule has 0 aliphatic heterocycles. The zero-order valence-corrected chi connectivity index (χ0v) is 20.2. The molecule has 2 aromatic heterocycles. The van der Waals surface area contributed by atoms with Crippen LogP contribution in [0.15, 0.2) is 126 Å². The molecule has 0 aliphatic carbocycles. The molecule has 2 heteroatoms. The summed E-state index contributed by atoms with van der Waals surface area (Å²) in [4.78, 5) is 0. The van der Waals surface area contributed by atoms with Crippen LogP contribution < -0.4 is 0 Å². The fourth-order valence-electron chi connectivity index (χ4n) is 5.72. The zero-order valence-electron chi connectivity index (χ0n) is 19.4. The predicted octanol–water partition coefficient (Wildman–Crippen LogP) is 10.4. The van der Waals surface area contributed by atoms with Crippen LogP contribution in [0.25, 0.3) is 75.1 Å². The standard InChI is InChI=1S/C34H20OS/c1-2-10-21(11-3-1)31-23-12-4-6-14-25(23)32(26-15-7-5-13-24(26)31)22-18-19-29-28(20-22)34-33(35-29)27-16-8-9-17-30(27)36-34/h1-20H. The SMILES string of the molecule is c1ccc(-c2c3ccccc3c(-c3ccc4oc5c6ccccc6sc5c4c3)c3ccccc23)cc1. The van der Waals surface area contributed by atoms with Gasteiger partial charge in [-0.15, -0.1) is 11.3 Å². The normalized spacial score (nSPS) is 11.9. The highest BCUT2D eigenvalue weighted by Crippen LogP contribution is 2.46. The Kier molecular flexibility index (Phi) is 4.16. The van der Waals surface area contributed by atoms with Crippen molar-refractivity contribution < 1.29 is 4.42 Å². The zero-order chi connectivity index (χ0) is 23.6. The number of thiophene rings is 1. The van der Waals surface area contributed by atoms with Crippen molar-refractivity contribution in [3.05, 3.63) is 121 Å². The molecule has 0 atom stereocenters. The Morgan fingerprint density at radius 2 is 1.00 bits per heavy atom. The first-order valence-corrected chi connectivity index (χ1v) is 13.0. The van der Waals surface area contributed by atoms with Gasteiger partial charge in [-0.1, -0.05) is 97.1 Å². The molecule has 0 fully saturated rings. The molecule has 0 N–H and O–H groups in total. The van der Waals surface area contributed by atoms with Crippen LogP contribution in [0.5, 0.6) is 0 Å². The van der Waals surface area contributed by atoms with E-state index in [1.807, 2.05) is 11.3 Å². The molecule has 0 bridgehead atoms. The van der Waals surface area contributed by atoms with Crippen LogP contribution in [-0.4, -0.2) is 0 Å². The average molecular weight is 477 g/mol. The summed E-state index contributed by atoms with van der Waals surface area (Å²) in [6, 6.07) is 43.6. The second-order valence-corrected chi connectivity index (χ2v) is 10.3. The van der Waals surface area contributed by atoms with E-state index in [-0.39, 0.29) is 0 Å². The molecule has 6 aromatic carbocycles. The van der Waals surface area contributed by atoms with E-state index >= 15 is 0 Å². The molecule has 8 rings (SSSR count). The third-order valence-electron chi connectivity index (χ3n) is 7.27. The summed E-state index contributed by atoms with van der Waals surface area (Å²) < 4.78 is 8.85. The third kappa shape index (κ3) is 2.76. The summed E-state index contributed by atoms with van der Waals surface area (Å²) in [6.45, 7) is 0. The first-order chi connectivity index (χ1) is 17.9. The van der Waals surface area contributed by atoms with E-state index < -0.39 is 0 Å². The van der Waals surface area contributed by atoms with Crippen LogP contribution in [0.4, 0.5) is 0 Å². The molecule has 0 spiro atoms. The topological polar surface area (TPSA) is 13.1 Å². The number of hydrogen-bond acceptors (Lipinski definition) is 2. The van der Waals surface area contributed by atoms with Crippen molar-refractivity contribution >= 4 is 64.2 Å². The van der Waals surface area contributed by atoms with E-state index in [1.165, 1.54) is 64.0 Å². The van der Waals surface area contributed by atoms with Gasteiger partial charge in [-0.3, -0.25) is 0 Å². The van der Waals surface area contributed by atoms with Crippen molar-refractivity contribution in [1.29, 1.82) is 0 Å². The number of hydrogen-bond donors (Lipinski definition) is 0. The van der Waals surface area contributed by atoms with E-state index in [9.17, 15) is 0 Å². The largest absolute Gasteiger partial charge is 0.454 e. The van der Waals surface area contributed by atoms with E-state index in [2.05, 4.69) is 121 Å². The molecule has 36 heavy (non-hydrogen) atoms. The van der Waals surface area contributed by atoms with E-state index in [1.54, 1.807) is 0 Å². The van der Waals surface area contributed by atoms with Crippen molar-refractivity contribution in [3.63, 3.8) is 0 Å². The minimum atomic E-state index is 0.945. The quantitative estimate of drug-likeness (QED) is 0.226. The van der Waals surface area contributed by atoms with E-state index in [0.717, 1.165) is 11.2 Å². The van der Waals surface area contributed by atoms with Gasteiger partial charge in [0.1, 0.15) is 5.58 Å². The molecule has 0 saturated carbocycles. The van der Waals surface area contributed by atoms with Crippen LogP contribution in [-0.2, 0) is 0 Å². The summed E-state index contributed by atoms with van der Waals surface area (Å²) in [7, 11) is 0. The molecule has 2 heterocycles. The molecular weight excluding hydrogens is 456 g/mol. The van der Waals surface area contributed by atoms with Crippen LogP contribution >= 0.6 is 11.3 Å². The molecule has 0 aliphatic rings. The summed E-state index contributed by atoms with van der Waals surface area (Å²) in [5.74, 6) is 0. The molecule has 0 radical (unpaired) electrons. The summed E-state index contributed by atoms with van der Waals surface area (Å²) in [6.07, 6.45) is 0. The lowest BCUT2D eigenvalue weighted by Crippen LogP contribution is -1.90. The molecule has 8 aromatic rings. The highest BCUT2D eigenvalue weighted by atomic mass is 32.1. The van der Waals surface area contributed by atoms with Crippen molar-refractivity contribution in [1.82, 2.24) is 0 Å². The molecule has 1 nitrogen and oxygen atoms in total. The highest BCUT2D eigenvalue weighted by Gasteiger charge is 2.18. The Balaban J connectivity index is 1.49. The first kappa shape index (κ1) is 19.9. The predicted molar refractivity (Wildman–Crippen MR) is 155 cm³/mol. The van der Waals surface area contributed by atoms with Crippen LogP contribution in [0, 0.1) is 0 Å². The third-order valence-corrected chi connectivity index (χ3v) is 8.45. The Labute approximate surface area is 211 Å². The lowest BCUT2D eigenvalue weighted by atomic mass is 9.86. The fourth-order valence-corrected chi connectivity index (χ4v) is 6.87. The Morgan fingerprint density at radius 1 is 0.444 bits per heavy atom. The van der Waals surface area contributed by atoms with Gasteiger partial charge in [-0.25, -0.2) is 0 Å². The van der Waals surface area contributed by atoms with Crippen LogP contribution in [0.3, 0.4) is 0 Å². The van der Waals surface area contributed by atoms with E-state index in [4.69, 9.17) is 4.42 Å². The van der Waals surface area contributed by atoms with Crippen molar-refractivity contribution in [3.8, 4) is 22.3 Å². The highest BCUT2D eigenvalue weighted by molar-refractivity contribution is 7.26. The number of rotatable bonds is 2. The fraction of sp³-hybridized carbons (Fsp3) is 0. The summed E-state index contributed by atoms with van der Waals surface area (Å²) in [5.41, 5.74) is 6.97. The smallest absolute Gasteiger partial charge is 0.154 e. The summed E-state index contributed by atoms with van der Waals surface area (Å²) >= 11 is 1.81. The van der Waals surface area contributed by atoms with E-state index in [0.29, 0.717) is 0 Å². The average Bonchev–Trinajstić information content (AvgIpc) is 3.48. The van der Waals surface area contributed by atoms with Gasteiger partial charge < -0.3 is 4.42 Å². The molecule has 0 saturated heterocycles. The summed E-state index contributed by atoms with van der Waals surface area (Å²) in [5, 5.41) is 7.46. The molecule has 0 unspecified atom stereocenters. The Bertz CT molecular complexity index is 2040. The minimum absolute atomic E-state index is 0.945. The van der Waals surface area contributed by atoms with Gasteiger partial charge in [0.05, 0.1) is 4.70 Å². The number of furan rings is 1. The van der Waals surface area contributed by atoms with Gasteiger partial charge >= 0.3 is 0 Å². The lowest BCUT2D eigenvalue weighted by molar-refractivity contribution is 0.673. The number of benzene rings is 6. The minimum Gasteiger partial charge on any atom is -0.454 e. The number of fused-ring (bicyclic) bond motifs is 7. The van der Waals surface area contributed by atoms with Gasteiger partial charge in [0.25, 0.3) is 0 Å². The van der Waals surface area contributed by atoms with Crippen molar-refractivity contribution in [2.24, 2.45) is 0 Å². The maximum absolute atomic E-state index is 6.36. The maximum Gasteiger partial charge on any atom is 0.154 e. The Morgan fingerprint density at radius 3 is 1.67 bits per heavy atom. The second-order valence-electron chi connectivity index (χ2n) is 9.28.